The zero-order valence-corrected chi connectivity index (χ0v) is 13.6. The van der Waals surface area contributed by atoms with Crippen molar-refractivity contribution in [2.45, 2.75) is 6.54 Å². The Hall–Kier alpha value is -3.29. The summed E-state index contributed by atoms with van der Waals surface area (Å²) in [4.78, 5) is 19.8. The topological polar surface area (TPSA) is 79.1 Å². The van der Waals surface area contributed by atoms with Crippen molar-refractivity contribution >= 4 is 5.97 Å². The molecule has 0 aliphatic rings. The number of nitrogens with zero attached hydrogens (tertiary/aromatic N) is 4. The van der Waals surface area contributed by atoms with Gasteiger partial charge in [0.05, 0.1) is 20.8 Å². The molecular weight excluding hydrogens is 327 g/mol. The van der Waals surface area contributed by atoms with Crippen molar-refractivity contribution in [2.75, 3.05) is 14.2 Å². The first-order valence-corrected chi connectivity index (χ1v) is 7.37. The van der Waals surface area contributed by atoms with E-state index < -0.39 is 5.97 Å². The van der Waals surface area contributed by atoms with Gasteiger partial charge >= 0.3 is 5.97 Å². The molecule has 128 valence electrons. The molecule has 7 nitrogen and oxygen atoms in total. The molecule has 0 saturated carbocycles. The number of hydrogen-bond donors (Lipinski definition) is 0. The van der Waals surface area contributed by atoms with Gasteiger partial charge in [0.25, 0.3) is 0 Å². The van der Waals surface area contributed by atoms with Crippen LogP contribution in [0, 0.1) is 5.82 Å². The molecule has 0 unspecified atom stereocenters. The van der Waals surface area contributed by atoms with E-state index in [1.54, 1.807) is 18.3 Å². The number of hydrogen-bond acceptors (Lipinski definition) is 6. The fourth-order valence-corrected chi connectivity index (χ4v) is 2.41. The molecule has 3 rings (SSSR count). The number of aromatic nitrogens is 4. The highest BCUT2D eigenvalue weighted by atomic mass is 19.1. The van der Waals surface area contributed by atoms with Crippen LogP contribution < -0.4 is 4.74 Å². The van der Waals surface area contributed by atoms with Crippen LogP contribution in [0.15, 0.2) is 42.9 Å². The predicted octanol–water partition coefficient (Wildman–Crippen LogP) is 2.32. The van der Waals surface area contributed by atoms with Crippen LogP contribution in [0.25, 0.3) is 11.1 Å². The molecule has 0 aliphatic carbocycles. The van der Waals surface area contributed by atoms with Gasteiger partial charge in [-0.25, -0.2) is 23.8 Å². The highest BCUT2D eigenvalue weighted by Crippen LogP contribution is 2.29. The molecule has 8 heteroatoms. The Kier molecular flexibility index (Phi) is 4.69. The molecule has 0 radical (unpaired) electrons. The Morgan fingerprint density at radius 2 is 2.08 bits per heavy atom. The quantitative estimate of drug-likeness (QED) is 0.662. The summed E-state index contributed by atoms with van der Waals surface area (Å²) in [5.74, 6) is -0.467. The molecule has 25 heavy (non-hydrogen) atoms. The average Bonchev–Trinajstić information content (AvgIpc) is 3.09. The minimum absolute atomic E-state index is 0.0885. The zero-order chi connectivity index (χ0) is 17.8. The van der Waals surface area contributed by atoms with Crippen LogP contribution in [0.5, 0.6) is 5.88 Å². The van der Waals surface area contributed by atoms with Crippen molar-refractivity contribution in [3.63, 3.8) is 0 Å². The molecule has 0 atom stereocenters. The first-order chi connectivity index (χ1) is 12.1. The van der Waals surface area contributed by atoms with Gasteiger partial charge in [0.15, 0.2) is 0 Å². The number of carbonyl (C=O) groups excluding carboxylic acids is 1. The molecule has 3 aromatic rings. The van der Waals surface area contributed by atoms with Crippen molar-refractivity contribution in [3.8, 4) is 17.0 Å². The van der Waals surface area contributed by atoms with E-state index in [0.717, 1.165) is 5.56 Å². The van der Waals surface area contributed by atoms with Crippen LogP contribution in [-0.2, 0) is 11.3 Å². The summed E-state index contributed by atoms with van der Waals surface area (Å²) in [6.45, 7) is 0.254. The fraction of sp³-hybridized carbons (Fsp3) is 0.176. The highest BCUT2D eigenvalue weighted by Gasteiger charge is 2.16. The summed E-state index contributed by atoms with van der Waals surface area (Å²) in [5.41, 5.74) is 2.02. The Balaban J connectivity index is 1.98. The number of benzene rings is 1. The van der Waals surface area contributed by atoms with E-state index >= 15 is 0 Å². The molecule has 0 saturated heterocycles. The maximum atomic E-state index is 13.5. The van der Waals surface area contributed by atoms with E-state index in [1.165, 1.54) is 37.4 Å². The van der Waals surface area contributed by atoms with Crippen LogP contribution >= 0.6 is 0 Å². The molecule has 0 N–H and O–H groups in total. The second kappa shape index (κ2) is 7.08. The largest absolute Gasteiger partial charge is 0.481 e. The third-order valence-electron chi connectivity index (χ3n) is 3.55. The van der Waals surface area contributed by atoms with E-state index in [0.29, 0.717) is 17.0 Å². The van der Waals surface area contributed by atoms with E-state index in [9.17, 15) is 9.18 Å². The average molecular weight is 342 g/mol. The first-order valence-electron chi connectivity index (χ1n) is 7.37. The number of halogens is 1. The van der Waals surface area contributed by atoms with Crippen LogP contribution in [-0.4, -0.2) is 39.9 Å². The lowest BCUT2D eigenvalue weighted by Crippen LogP contribution is -2.14. The molecule has 1 aromatic carbocycles. The summed E-state index contributed by atoms with van der Waals surface area (Å²) in [5, 5.41) is 4.03. The SMILES string of the molecule is COC(=O)c1ncnn1Cc1cnc(OC)c(-c2cccc(F)c2)c1. The van der Waals surface area contributed by atoms with Crippen LogP contribution in [0.4, 0.5) is 4.39 Å². The third-order valence-corrected chi connectivity index (χ3v) is 3.55. The van der Waals surface area contributed by atoms with Gasteiger partial charge < -0.3 is 9.47 Å². The summed E-state index contributed by atoms with van der Waals surface area (Å²) in [7, 11) is 2.77. The second-order valence-corrected chi connectivity index (χ2v) is 5.14. The van der Waals surface area contributed by atoms with E-state index in [-0.39, 0.29) is 18.2 Å². The minimum atomic E-state index is -0.579. The second-order valence-electron chi connectivity index (χ2n) is 5.14. The molecule has 0 spiro atoms. The van der Waals surface area contributed by atoms with Gasteiger partial charge in [-0.3, -0.25) is 0 Å². The third kappa shape index (κ3) is 3.47. The lowest BCUT2D eigenvalue weighted by atomic mass is 10.1. The fourth-order valence-electron chi connectivity index (χ4n) is 2.41. The van der Waals surface area contributed by atoms with Crippen molar-refractivity contribution in [3.05, 3.63) is 60.1 Å². The summed E-state index contributed by atoms with van der Waals surface area (Å²) < 4.78 is 24.9. The van der Waals surface area contributed by atoms with E-state index in [2.05, 4.69) is 19.8 Å². The maximum absolute atomic E-state index is 13.5. The van der Waals surface area contributed by atoms with Gasteiger partial charge in [-0.15, -0.1) is 0 Å². The first kappa shape index (κ1) is 16.6. The molecule has 2 heterocycles. The number of ether oxygens (including phenoxy) is 2. The summed E-state index contributed by atoms with van der Waals surface area (Å²) >= 11 is 0. The van der Waals surface area contributed by atoms with Gasteiger partial charge in [0, 0.05) is 11.8 Å². The van der Waals surface area contributed by atoms with Crippen molar-refractivity contribution in [1.29, 1.82) is 0 Å². The van der Waals surface area contributed by atoms with E-state index in [1.807, 2.05) is 6.07 Å². The summed E-state index contributed by atoms with van der Waals surface area (Å²) in [6, 6.07) is 7.96. The normalized spacial score (nSPS) is 10.5. The van der Waals surface area contributed by atoms with Gasteiger partial charge in [-0.1, -0.05) is 12.1 Å². The predicted molar refractivity (Wildman–Crippen MR) is 86.6 cm³/mol. The standard InChI is InChI=1S/C17H15FN4O3/c1-24-16-14(12-4-3-5-13(18)7-12)6-11(8-19-16)9-22-15(17(23)25-2)20-10-21-22/h3-8,10H,9H2,1-2H3. The van der Waals surface area contributed by atoms with Crippen LogP contribution in [0.2, 0.25) is 0 Å². The zero-order valence-electron chi connectivity index (χ0n) is 13.6. The Morgan fingerprint density at radius 3 is 2.80 bits per heavy atom. The number of esters is 1. The van der Waals surface area contributed by atoms with Crippen molar-refractivity contribution in [2.24, 2.45) is 0 Å². The van der Waals surface area contributed by atoms with Gasteiger partial charge in [-0.05, 0) is 29.3 Å². The number of methoxy groups -OCH3 is 2. The number of carbonyl (C=O) groups is 1. The Morgan fingerprint density at radius 1 is 1.24 bits per heavy atom. The smallest absolute Gasteiger partial charge is 0.375 e. The molecular formula is C17H15FN4O3. The van der Waals surface area contributed by atoms with Crippen LogP contribution in [0.1, 0.15) is 16.2 Å². The highest BCUT2D eigenvalue weighted by molar-refractivity contribution is 5.85. The lowest BCUT2D eigenvalue weighted by Gasteiger charge is -2.11. The van der Waals surface area contributed by atoms with Gasteiger partial charge in [-0.2, -0.15) is 5.10 Å². The van der Waals surface area contributed by atoms with Gasteiger partial charge in [0.1, 0.15) is 12.1 Å². The molecule has 0 bridgehead atoms. The molecule has 2 aromatic heterocycles. The Labute approximate surface area is 143 Å². The lowest BCUT2D eigenvalue weighted by molar-refractivity contribution is 0.0580. The Bertz CT molecular complexity index is 910. The number of pyridine rings is 1. The van der Waals surface area contributed by atoms with Crippen LogP contribution in [0.3, 0.4) is 0 Å². The summed E-state index contributed by atoms with van der Waals surface area (Å²) in [6.07, 6.45) is 2.88. The van der Waals surface area contributed by atoms with Gasteiger partial charge in [0.2, 0.25) is 11.7 Å². The van der Waals surface area contributed by atoms with Crippen molar-refractivity contribution in [1.82, 2.24) is 19.7 Å². The molecule has 0 amide bonds. The molecule has 0 aliphatic heterocycles. The monoisotopic (exact) mass is 342 g/mol. The maximum Gasteiger partial charge on any atom is 0.375 e. The minimum Gasteiger partial charge on any atom is -0.481 e. The van der Waals surface area contributed by atoms with Crippen molar-refractivity contribution < 1.29 is 18.7 Å². The van der Waals surface area contributed by atoms with E-state index in [4.69, 9.17) is 4.74 Å². The number of rotatable bonds is 5. The molecule has 0 fully saturated rings.